The van der Waals surface area contributed by atoms with Crippen LogP contribution in [0, 0.1) is 23.2 Å². The molecule has 0 amide bonds. The predicted molar refractivity (Wildman–Crippen MR) is 77.8 cm³/mol. The standard InChI is InChI=1S/C15H22F3NO2S/c16-15(17,18)22-19-5-6-21-13(20)14-4-3-11-2-1-10(8-14)7-12(11)9-14/h10-12,19H,1-9H2. The maximum Gasteiger partial charge on any atom is 0.456 e. The van der Waals surface area contributed by atoms with E-state index in [0.29, 0.717) is 11.8 Å². The number of halogens is 3. The molecule has 3 fully saturated rings. The van der Waals surface area contributed by atoms with E-state index in [2.05, 4.69) is 4.72 Å². The minimum atomic E-state index is -4.30. The lowest BCUT2D eigenvalue weighted by molar-refractivity contribution is -0.167. The minimum Gasteiger partial charge on any atom is -0.464 e. The summed E-state index contributed by atoms with van der Waals surface area (Å²) in [6, 6.07) is 0. The van der Waals surface area contributed by atoms with Crippen LogP contribution in [0.5, 0.6) is 0 Å². The number of hydrogen-bond acceptors (Lipinski definition) is 4. The largest absolute Gasteiger partial charge is 0.464 e. The third-order valence-electron chi connectivity index (χ3n) is 5.63. The van der Waals surface area contributed by atoms with Gasteiger partial charge in [-0.15, -0.1) is 0 Å². The molecular weight excluding hydrogens is 315 g/mol. The van der Waals surface area contributed by atoms with Crippen LogP contribution in [0.4, 0.5) is 13.2 Å². The molecule has 1 N–H and O–H groups in total. The number of carbonyl (C=O) groups is 1. The number of carbonyl (C=O) groups excluding carboxylic acids is 1. The first-order chi connectivity index (χ1) is 10.4. The molecule has 3 rings (SSSR count). The zero-order valence-electron chi connectivity index (χ0n) is 12.5. The van der Waals surface area contributed by atoms with Crippen molar-refractivity contribution < 1.29 is 22.7 Å². The van der Waals surface area contributed by atoms with Crippen molar-refractivity contribution in [3.05, 3.63) is 0 Å². The molecule has 3 aliphatic carbocycles. The second kappa shape index (κ2) is 6.23. The van der Waals surface area contributed by atoms with Crippen LogP contribution >= 0.6 is 11.9 Å². The molecule has 0 aromatic carbocycles. The monoisotopic (exact) mass is 337 g/mol. The molecule has 0 aromatic rings. The highest BCUT2D eigenvalue weighted by molar-refractivity contribution is 7.98. The third-order valence-corrected chi connectivity index (χ3v) is 6.21. The Morgan fingerprint density at radius 2 is 2.05 bits per heavy atom. The summed E-state index contributed by atoms with van der Waals surface area (Å²) in [6.07, 6.45) is 7.63. The number of hydrogen-bond donors (Lipinski definition) is 1. The van der Waals surface area contributed by atoms with E-state index in [4.69, 9.17) is 4.74 Å². The summed E-state index contributed by atoms with van der Waals surface area (Å²) in [5, 5.41) is 0. The molecule has 0 spiro atoms. The first-order valence-electron chi connectivity index (χ1n) is 8.03. The Morgan fingerprint density at radius 3 is 2.82 bits per heavy atom. The highest BCUT2D eigenvalue weighted by atomic mass is 32.2. The highest BCUT2D eigenvalue weighted by Gasteiger charge is 2.53. The smallest absolute Gasteiger partial charge is 0.456 e. The minimum absolute atomic E-state index is 0.00241. The molecule has 3 bridgehead atoms. The second-order valence-corrected chi connectivity index (χ2v) is 7.96. The SMILES string of the molecule is O=C(OCCNSC(F)(F)F)C12CCC3CCC(CC3C1)C2. The molecule has 22 heavy (non-hydrogen) atoms. The van der Waals surface area contributed by atoms with Gasteiger partial charge >= 0.3 is 11.5 Å². The van der Waals surface area contributed by atoms with Gasteiger partial charge in [-0.1, -0.05) is 6.42 Å². The van der Waals surface area contributed by atoms with Crippen molar-refractivity contribution in [3.8, 4) is 0 Å². The van der Waals surface area contributed by atoms with Crippen LogP contribution in [-0.4, -0.2) is 24.6 Å². The fourth-order valence-corrected chi connectivity index (χ4v) is 5.13. The van der Waals surface area contributed by atoms with Crippen LogP contribution in [0.25, 0.3) is 0 Å². The van der Waals surface area contributed by atoms with Crippen molar-refractivity contribution in [2.45, 2.75) is 50.5 Å². The number of alkyl halides is 3. The molecule has 3 saturated carbocycles. The first kappa shape index (κ1) is 16.4. The zero-order chi connectivity index (χ0) is 15.8. The summed E-state index contributed by atoms with van der Waals surface area (Å²) in [7, 11) is 0. The van der Waals surface area contributed by atoms with Gasteiger partial charge in [0, 0.05) is 18.5 Å². The molecule has 126 valence electrons. The summed E-state index contributed by atoms with van der Waals surface area (Å²) < 4.78 is 43.4. The van der Waals surface area contributed by atoms with Crippen LogP contribution in [-0.2, 0) is 9.53 Å². The van der Waals surface area contributed by atoms with E-state index in [1.165, 1.54) is 19.3 Å². The Morgan fingerprint density at radius 1 is 1.23 bits per heavy atom. The van der Waals surface area contributed by atoms with Crippen LogP contribution < -0.4 is 4.72 Å². The summed E-state index contributed by atoms with van der Waals surface area (Å²) >= 11 is -0.294. The van der Waals surface area contributed by atoms with Gasteiger partial charge in [0.15, 0.2) is 0 Å². The quantitative estimate of drug-likeness (QED) is 0.469. The lowest BCUT2D eigenvalue weighted by Crippen LogP contribution is -2.49. The molecule has 3 nitrogen and oxygen atoms in total. The van der Waals surface area contributed by atoms with E-state index < -0.39 is 5.51 Å². The molecule has 0 heterocycles. The van der Waals surface area contributed by atoms with Gasteiger partial charge in [-0.3, -0.25) is 9.52 Å². The molecule has 4 unspecified atom stereocenters. The average Bonchev–Trinajstić information content (AvgIpc) is 2.43. The number of ether oxygens (including phenoxy) is 1. The number of rotatable bonds is 5. The summed E-state index contributed by atoms with van der Waals surface area (Å²) in [5.41, 5.74) is -4.65. The van der Waals surface area contributed by atoms with Gasteiger partial charge in [0.1, 0.15) is 6.61 Å². The normalized spacial score (nSPS) is 37.1. The van der Waals surface area contributed by atoms with Crippen molar-refractivity contribution >= 4 is 17.9 Å². The highest BCUT2D eigenvalue weighted by Crippen LogP contribution is 2.58. The maximum absolute atomic E-state index is 12.5. The lowest BCUT2D eigenvalue weighted by Gasteiger charge is -2.53. The molecule has 0 aliphatic heterocycles. The van der Waals surface area contributed by atoms with E-state index in [-0.39, 0.29) is 36.5 Å². The Labute approximate surface area is 132 Å². The molecule has 3 aliphatic rings. The topological polar surface area (TPSA) is 38.3 Å². The van der Waals surface area contributed by atoms with E-state index in [0.717, 1.165) is 31.6 Å². The van der Waals surface area contributed by atoms with Crippen molar-refractivity contribution in [2.24, 2.45) is 23.2 Å². The van der Waals surface area contributed by atoms with Crippen LogP contribution in [0.1, 0.15) is 44.9 Å². The summed E-state index contributed by atoms with van der Waals surface area (Å²) in [6.45, 7) is 0.0178. The third kappa shape index (κ3) is 3.55. The Balaban J connectivity index is 1.48. The van der Waals surface area contributed by atoms with Gasteiger partial charge in [-0.25, -0.2) is 0 Å². The van der Waals surface area contributed by atoms with E-state index >= 15 is 0 Å². The lowest BCUT2D eigenvalue weighted by atomic mass is 9.51. The number of nitrogens with one attached hydrogen (secondary N) is 1. The van der Waals surface area contributed by atoms with Gasteiger partial charge in [0.2, 0.25) is 0 Å². The summed E-state index contributed by atoms with van der Waals surface area (Å²) in [4.78, 5) is 12.5. The van der Waals surface area contributed by atoms with Crippen molar-refractivity contribution in [1.82, 2.24) is 4.72 Å². The fourth-order valence-electron chi connectivity index (χ4n) is 4.78. The molecule has 7 heteroatoms. The van der Waals surface area contributed by atoms with Gasteiger partial charge in [-0.05, 0) is 56.3 Å². The Kier molecular flexibility index (Phi) is 4.65. The van der Waals surface area contributed by atoms with Crippen LogP contribution in [0.15, 0.2) is 0 Å². The van der Waals surface area contributed by atoms with Crippen LogP contribution in [0.2, 0.25) is 0 Å². The van der Waals surface area contributed by atoms with E-state index in [1.54, 1.807) is 0 Å². The van der Waals surface area contributed by atoms with E-state index in [9.17, 15) is 18.0 Å². The predicted octanol–water partition coefficient (Wildman–Crippen LogP) is 3.89. The molecule has 0 saturated heterocycles. The number of esters is 1. The second-order valence-electron chi connectivity index (χ2n) is 7.00. The van der Waals surface area contributed by atoms with E-state index in [1.807, 2.05) is 0 Å². The van der Waals surface area contributed by atoms with Crippen molar-refractivity contribution in [1.29, 1.82) is 0 Å². The fraction of sp³-hybridized carbons (Fsp3) is 0.933. The maximum atomic E-state index is 12.5. The van der Waals surface area contributed by atoms with Crippen LogP contribution in [0.3, 0.4) is 0 Å². The Hall–Kier alpha value is -0.430. The van der Waals surface area contributed by atoms with Gasteiger partial charge in [0.25, 0.3) is 0 Å². The Bertz CT molecular complexity index is 428. The van der Waals surface area contributed by atoms with Crippen molar-refractivity contribution in [2.75, 3.05) is 13.2 Å². The number of fused-ring (bicyclic) bond motifs is 2. The molecule has 0 aromatic heterocycles. The van der Waals surface area contributed by atoms with Crippen molar-refractivity contribution in [3.63, 3.8) is 0 Å². The van der Waals surface area contributed by atoms with Gasteiger partial charge in [-0.2, -0.15) is 13.2 Å². The first-order valence-corrected chi connectivity index (χ1v) is 8.84. The average molecular weight is 337 g/mol. The molecule has 0 radical (unpaired) electrons. The summed E-state index contributed by atoms with van der Waals surface area (Å²) in [5.74, 6) is 1.90. The van der Waals surface area contributed by atoms with Gasteiger partial charge in [0.05, 0.1) is 5.41 Å². The molecule has 4 atom stereocenters. The molecular formula is C15H22F3NO2S. The zero-order valence-corrected chi connectivity index (χ0v) is 13.3. The van der Waals surface area contributed by atoms with Gasteiger partial charge < -0.3 is 4.74 Å².